The maximum Gasteiger partial charge on any atom is 0.236 e. The van der Waals surface area contributed by atoms with Crippen LogP contribution >= 0.6 is 15.9 Å². The number of unbranched alkanes of at least 4 members (excludes halogenated alkanes) is 1. The van der Waals surface area contributed by atoms with Crippen molar-refractivity contribution >= 4 is 21.8 Å². The van der Waals surface area contributed by atoms with Crippen LogP contribution in [0.15, 0.2) is 16.6 Å². The number of carbonyl (C=O) groups is 1. The highest BCUT2D eigenvalue weighted by molar-refractivity contribution is 9.10. The van der Waals surface area contributed by atoms with Crippen LogP contribution in [0.3, 0.4) is 0 Å². The molecule has 0 saturated heterocycles. The van der Waals surface area contributed by atoms with Crippen molar-refractivity contribution in [1.82, 2.24) is 5.32 Å². The number of rotatable bonds is 10. The summed E-state index contributed by atoms with van der Waals surface area (Å²) in [6, 6.07) is 3.27. The summed E-state index contributed by atoms with van der Waals surface area (Å²) >= 11 is 3.42. The van der Waals surface area contributed by atoms with Gasteiger partial charge in [-0.25, -0.2) is 0 Å². The zero-order valence-corrected chi connectivity index (χ0v) is 15.3. The summed E-state index contributed by atoms with van der Waals surface area (Å²) in [5.41, 5.74) is 12.2. The second kappa shape index (κ2) is 10.5. The first-order valence-corrected chi connectivity index (χ1v) is 8.46. The van der Waals surface area contributed by atoms with E-state index in [-0.39, 0.29) is 5.91 Å². The van der Waals surface area contributed by atoms with Crippen LogP contribution in [0.5, 0.6) is 11.5 Å². The standard InChI is InChI=1S/C16H26BrN3O3/c1-22-14-10-12(17)15(23-2)9-11(14)6-8-20-16(21)13(19)5-3-4-7-18/h9-10,13H,3-8,18-19H2,1-2H3,(H,20,21). The van der Waals surface area contributed by atoms with Crippen LogP contribution in [0.4, 0.5) is 0 Å². The van der Waals surface area contributed by atoms with Crippen LogP contribution in [0.1, 0.15) is 24.8 Å². The molecule has 1 unspecified atom stereocenters. The predicted molar refractivity (Wildman–Crippen MR) is 94.8 cm³/mol. The van der Waals surface area contributed by atoms with Crippen molar-refractivity contribution in [3.8, 4) is 11.5 Å². The van der Waals surface area contributed by atoms with Crippen LogP contribution in [0, 0.1) is 0 Å². The van der Waals surface area contributed by atoms with E-state index in [4.69, 9.17) is 20.9 Å². The van der Waals surface area contributed by atoms with Gasteiger partial charge in [0, 0.05) is 6.54 Å². The van der Waals surface area contributed by atoms with Crippen molar-refractivity contribution in [3.05, 3.63) is 22.2 Å². The van der Waals surface area contributed by atoms with Gasteiger partial charge < -0.3 is 26.3 Å². The molecule has 1 atom stereocenters. The summed E-state index contributed by atoms with van der Waals surface area (Å²) in [4.78, 5) is 11.9. The minimum absolute atomic E-state index is 0.134. The van der Waals surface area contributed by atoms with Crippen molar-refractivity contribution in [2.75, 3.05) is 27.3 Å². The minimum Gasteiger partial charge on any atom is -0.496 e. The number of halogens is 1. The Kier molecular flexibility index (Phi) is 8.98. The van der Waals surface area contributed by atoms with Gasteiger partial charge >= 0.3 is 0 Å². The van der Waals surface area contributed by atoms with Gasteiger partial charge in [0.2, 0.25) is 5.91 Å². The molecule has 23 heavy (non-hydrogen) atoms. The van der Waals surface area contributed by atoms with Gasteiger partial charge in [-0.05, 0) is 59.4 Å². The highest BCUT2D eigenvalue weighted by Gasteiger charge is 2.13. The Morgan fingerprint density at radius 2 is 1.96 bits per heavy atom. The lowest BCUT2D eigenvalue weighted by molar-refractivity contribution is -0.122. The lowest BCUT2D eigenvalue weighted by Gasteiger charge is -2.14. The van der Waals surface area contributed by atoms with E-state index in [0.29, 0.717) is 25.9 Å². The fourth-order valence-corrected chi connectivity index (χ4v) is 2.69. The van der Waals surface area contributed by atoms with E-state index in [1.165, 1.54) is 0 Å². The first-order chi connectivity index (χ1) is 11.0. The number of nitrogens with two attached hydrogens (primary N) is 2. The molecule has 1 aromatic carbocycles. The Morgan fingerprint density at radius 3 is 2.57 bits per heavy atom. The molecule has 0 radical (unpaired) electrons. The van der Waals surface area contributed by atoms with Crippen molar-refractivity contribution in [3.63, 3.8) is 0 Å². The molecule has 5 N–H and O–H groups in total. The topological polar surface area (TPSA) is 99.6 Å². The van der Waals surface area contributed by atoms with E-state index < -0.39 is 6.04 Å². The first kappa shape index (κ1) is 19.7. The molecule has 0 aliphatic heterocycles. The Bertz CT molecular complexity index is 512. The van der Waals surface area contributed by atoms with E-state index >= 15 is 0 Å². The highest BCUT2D eigenvalue weighted by Crippen LogP contribution is 2.32. The quantitative estimate of drug-likeness (QED) is 0.529. The normalized spacial score (nSPS) is 11.9. The Labute approximate surface area is 146 Å². The molecule has 6 nitrogen and oxygen atoms in total. The average Bonchev–Trinajstić information content (AvgIpc) is 2.55. The molecule has 0 spiro atoms. The van der Waals surface area contributed by atoms with Gasteiger partial charge in [0.05, 0.1) is 24.7 Å². The van der Waals surface area contributed by atoms with E-state index in [0.717, 1.165) is 34.4 Å². The van der Waals surface area contributed by atoms with Gasteiger partial charge in [0.25, 0.3) is 0 Å². The third-order valence-electron chi connectivity index (χ3n) is 3.55. The SMILES string of the molecule is COc1cc(CCNC(=O)C(N)CCCCN)c(OC)cc1Br. The summed E-state index contributed by atoms with van der Waals surface area (Å²) in [6.07, 6.45) is 3.03. The third kappa shape index (κ3) is 6.37. The van der Waals surface area contributed by atoms with E-state index in [1.54, 1.807) is 14.2 Å². The number of nitrogens with one attached hydrogen (secondary N) is 1. The fraction of sp³-hybridized carbons (Fsp3) is 0.562. The zero-order valence-electron chi connectivity index (χ0n) is 13.7. The average molecular weight is 388 g/mol. The lowest BCUT2D eigenvalue weighted by Crippen LogP contribution is -2.41. The van der Waals surface area contributed by atoms with Crippen molar-refractivity contribution in [2.45, 2.75) is 31.7 Å². The van der Waals surface area contributed by atoms with Crippen LogP contribution in [-0.2, 0) is 11.2 Å². The van der Waals surface area contributed by atoms with E-state index in [2.05, 4.69) is 21.2 Å². The van der Waals surface area contributed by atoms with Gasteiger partial charge in [-0.2, -0.15) is 0 Å². The summed E-state index contributed by atoms with van der Waals surface area (Å²) in [5, 5.41) is 2.86. The maximum atomic E-state index is 11.9. The van der Waals surface area contributed by atoms with E-state index in [9.17, 15) is 4.79 Å². The molecular formula is C16H26BrN3O3. The van der Waals surface area contributed by atoms with Crippen LogP contribution in [0.2, 0.25) is 0 Å². The molecule has 1 amide bonds. The zero-order chi connectivity index (χ0) is 17.2. The molecule has 130 valence electrons. The summed E-state index contributed by atoms with van der Waals surface area (Å²) in [6.45, 7) is 1.12. The number of carbonyl (C=O) groups excluding carboxylic acids is 1. The largest absolute Gasteiger partial charge is 0.496 e. The smallest absolute Gasteiger partial charge is 0.236 e. The highest BCUT2D eigenvalue weighted by atomic mass is 79.9. The second-order valence-electron chi connectivity index (χ2n) is 5.23. The third-order valence-corrected chi connectivity index (χ3v) is 4.17. The van der Waals surface area contributed by atoms with Gasteiger partial charge in [0.15, 0.2) is 0 Å². The number of hydrogen-bond acceptors (Lipinski definition) is 5. The molecule has 0 bridgehead atoms. The van der Waals surface area contributed by atoms with Gasteiger partial charge in [0.1, 0.15) is 11.5 Å². The summed E-state index contributed by atoms with van der Waals surface area (Å²) < 4.78 is 11.5. The Hall–Kier alpha value is -1.31. The minimum atomic E-state index is -0.483. The predicted octanol–water partition coefficient (Wildman–Crippen LogP) is 1.58. The number of methoxy groups -OCH3 is 2. The molecule has 0 aromatic heterocycles. The summed E-state index contributed by atoms with van der Waals surface area (Å²) in [7, 11) is 3.22. The Morgan fingerprint density at radius 1 is 1.26 bits per heavy atom. The molecule has 7 heteroatoms. The van der Waals surface area contributed by atoms with Gasteiger partial charge in [-0.3, -0.25) is 4.79 Å². The van der Waals surface area contributed by atoms with Crippen LogP contribution in [-0.4, -0.2) is 39.3 Å². The second-order valence-corrected chi connectivity index (χ2v) is 6.08. The van der Waals surface area contributed by atoms with Crippen molar-refractivity contribution in [2.24, 2.45) is 11.5 Å². The molecule has 1 rings (SSSR count). The molecule has 0 aliphatic carbocycles. The maximum absolute atomic E-state index is 11.9. The number of benzene rings is 1. The molecule has 0 heterocycles. The summed E-state index contributed by atoms with van der Waals surface area (Å²) in [5.74, 6) is 1.34. The van der Waals surface area contributed by atoms with Crippen molar-refractivity contribution in [1.29, 1.82) is 0 Å². The molecule has 0 aliphatic rings. The van der Waals surface area contributed by atoms with E-state index in [1.807, 2.05) is 12.1 Å². The lowest BCUT2D eigenvalue weighted by atomic mass is 10.1. The van der Waals surface area contributed by atoms with Crippen LogP contribution in [0.25, 0.3) is 0 Å². The molecule has 0 fully saturated rings. The van der Waals surface area contributed by atoms with Crippen molar-refractivity contribution < 1.29 is 14.3 Å². The number of ether oxygens (including phenoxy) is 2. The Balaban J connectivity index is 2.53. The van der Waals surface area contributed by atoms with Crippen LogP contribution < -0.4 is 26.3 Å². The first-order valence-electron chi connectivity index (χ1n) is 7.67. The number of hydrogen-bond donors (Lipinski definition) is 3. The molecular weight excluding hydrogens is 362 g/mol. The fourth-order valence-electron chi connectivity index (χ4n) is 2.21. The number of amides is 1. The monoisotopic (exact) mass is 387 g/mol. The molecule has 0 saturated carbocycles. The van der Waals surface area contributed by atoms with Gasteiger partial charge in [-0.1, -0.05) is 6.42 Å². The molecule has 1 aromatic rings. The van der Waals surface area contributed by atoms with Gasteiger partial charge in [-0.15, -0.1) is 0 Å².